The Labute approximate surface area is 103 Å². The molecule has 1 aromatic carbocycles. The maximum absolute atomic E-state index is 10.0. The molecule has 0 aromatic heterocycles. The van der Waals surface area contributed by atoms with Gasteiger partial charge in [0.1, 0.15) is 0 Å². The fourth-order valence-corrected chi connectivity index (χ4v) is 1.78. The number of nitrogens with zero attached hydrogens (tertiary/aromatic N) is 1. The second-order valence-electron chi connectivity index (χ2n) is 4.76. The molecule has 0 radical (unpaired) electrons. The van der Waals surface area contributed by atoms with E-state index in [4.69, 9.17) is 11.0 Å². The average Bonchev–Trinajstić information content (AvgIpc) is 2.34. The molecule has 3 N–H and O–H groups in total. The zero-order valence-corrected chi connectivity index (χ0v) is 10.4. The molecule has 1 rings (SSSR count). The Morgan fingerprint density at radius 1 is 1.29 bits per heavy atom. The van der Waals surface area contributed by atoms with Crippen molar-refractivity contribution >= 4 is 0 Å². The highest BCUT2D eigenvalue weighted by molar-refractivity contribution is 5.39. The third-order valence-corrected chi connectivity index (χ3v) is 2.89. The van der Waals surface area contributed by atoms with Crippen LogP contribution in [0.5, 0.6) is 0 Å². The van der Waals surface area contributed by atoms with E-state index in [1.165, 1.54) is 0 Å². The minimum Gasteiger partial charge on any atom is -0.391 e. The second kappa shape index (κ2) is 6.39. The van der Waals surface area contributed by atoms with Gasteiger partial charge in [0, 0.05) is 0 Å². The fourth-order valence-electron chi connectivity index (χ4n) is 1.78. The van der Waals surface area contributed by atoms with Crippen molar-refractivity contribution in [2.24, 2.45) is 11.7 Å². The molecule has 0 unspecified atom stereocenters. The van der Waals surface area contributed by atoms with Crippen molar-refractivity contribution in [2.75, 3.05) is 0 Å². The van der Waals surface area contributed by atoms with Crippen LogP contribution < -0.4 is 5.73 Å². The molecule has 3 nitrogen and oxygen atoms in total. The summed E-state index contributed by atoms with van der Waals surface area (Å²) in [7, 11) is 0. The summed E-state index contributed by atoms with van der Waals surface area (Å²) in [5, 5.41) is 19.0. The van der Waals surface area contributed by atoms with Crippen LogP contribution in [0.15, 0.2) is 24.3 Å². The summed E-state index contributed by atoms with van der Waals surface area (Å²) in [6.45, 7) is 4.23. The molecule has 17 heavy (non-hydrogen) atoms. The van der Waals surface area contributed by atoms with Crippen molar-refractivity contribution in [1.82, 2.24) is 0 Å². The van der Waals surface area contributed by atoms with Crippen LogP contribution in [0.25, 0.3) is 0 Å². The lowest BCUT2D eigenvalue weighted by atomic mass is 9.93. The van der Waals surface area contributed by atoms with Gasteiger partial charge >= 0.3 is 0 Å². The largest absolute Gasteiger partial charge is 0.391 e. The molecule has 0 saturated carbocycles. The van der Waals surface area contributed by atoms with Crippen LogP contribution >= 0.6 is 0 Å². The van der Waals surface area contributed by atoms with Crippen molar-refractivity contribution in [1.29, 1.82) is 5.26 Å². The first-order valence-electron chi connectivity index (χ1n) is 5.99. The summed E-state index contributed by atoms with van der Waals surface area (Å²) >= 11 is 0. The zero-order chi connectivity index (χ0) is 12.8. The van der Waals surface area contributed by atoms with Crippen LogP contribution in [-0.2, 0) is 0 Å². The molecule has 1 aromatic rings. The molecule has 92 valence electrons. The maximum Gasteiger partial charge on any atom is 0.0995 e. The molecule has 0 bridgehead atoms. The quantitative estimate of drug-likeness (QED) is 0.818. The number of hydrogen-bond donors (Lipinski definition) is 2. The molecule has 0 fully saturated rings. The van der Waals surface area contributed by atoms with Gasteiger partial charge in [0.15, 0.2) is 0 Å². The first-order chi connectivity index (χ1) is 8.06. The van der Waals surface area contributed by atoms with Crippen molar-refractivity contribution < 1.29 is 5.11 Å². The Balaban J connectivity index is 2.75. The number of benzene rings is 1. The summed E-state index contributed by atoms with van der Waals surface area (Å²) < 4.78 is 0. The molecular formula is C14H20N2O. The van der Waals surface area contributed by atoms with Gasteiger partial charge in [-0.3, -0.25) is 0 Å². The van der Waals surface area contributed by atoms with Gasteiger partial charge in [0.2, 0.25) is 0 Å². The predicted octanol–water partition coefficient (Wildman–Crippen LogP) is 2.36. The van der Waals surface area contributed by atoms with E-state index in [2.05, 4.69) is 19.9 Å². The van der Waals surface area contributed by atoms with Crippen LogP contribution in [0.1, 0.15) is 43.9 Å². The smallest absolute Gasteiger partial charge is 0.0995 e. The summed E-state index contributed by atoms with van der Waals surface area (Å²) in [4.78, 5) is 0. The van der Waals surface area contributed by atoms with E-state index < -0.39 is 12.1 Å². The molecule has 0 saturated heterocycles. The lowest BCUT2D eigenvalue weighted by molar-refractivity contribution is 0.128. The summed E-state index contributed by atoms with van der Waals surface area (Å²) in [6, 6.07) is 8.80. The van der Waals surface area contributed by atoms with Gasteiger partial charge in [-0.25, -0.2) is 0 Å². The molecular weight excluding hydrogens is 212 g/mol. The van der Waals surface area contributed by atoms with E-state index in [0.717, 1.165) is 12.0 Å². The van der Waals surface area contributed by atoms with E-state index in [1.807, 2.05) is 12.1 Å². The van der Waals surface area contributed by atoms with Crippen molar-refractivity contribution in [3.8, 4) is 6.07 Å². The summed E-state index contributed by atoms with van der Waals surface area (Å²) in [5.74, 6) is 0.545. The van der Waals surface area contributed by atoms with Crippen molar-refractivity contribution in [2.45, 2.75) is 38.8 Å². The monoisotopic (exact) mass is 232 g/mol. The fraction of sp³-hybridized carbons (Fsp3) is 0.500. The predicted molar refractivity (Wildman–Crippen MR) is 68.2 cm³/mol. The Morgan fingerprint density at radius 3 is 2.53 bits per heavy atom. The number of rotatable bonds is 5. The van der Waals surface area contributed by atoms with E-state index in [1.54, 1.807) is 12.1 Å². The van der Waals surface area contributed by atoms with Gasteiger partial charge in [-0.05, 0) is 30.4 Å². The van der Waals surface area contributed by atoms with E-state index in [9.17, 15) is 5.11 Å². The Hall–Kier alpha value is -1.37. The normalized spacial score (nSPS) is 14.4. The molecule has 0 amide bonds. The average molecular weight is 232 g/mol. The third kappa shape index (κ3) is 3.85. The third-order valence-electron chi connectivity index (χ3n) is 2.89. The highest BCUT2D eigenvalue weighted by Crippen LogP contribution is 2.22. The minimum atomic E-state index is -0.591. The van der Waals surface area contributed by atoms with Crippen molar-refractivity contribution in [3.05, 3.63) is 35.4 Å². The first kappa shape index (κ1) is 13.7. The molecule has 2 atom stereocenters. The maximum atomic E-state index is 10.0. The minimum absolute atomic E-state index is 0.482. The van der Waals surface area contributed by atoms with Crippen LogP contribution in [0, 0.1) is 17.2 Å². The summed E-state index contributed by atoms with van der Waals surface area (Å²) in [5.41, 5.74) is 7.27. The Morgan fingerprint density at radius 2 is 1.94 bits per heavy atom. The summed E-state index contributed by atoms with van der Waals surface area (Å²) in [6.07, 6.45) is 1.01. The molecule has 3 heteroatoms. The van der Waals surface area contributed by atoms with Crippen LogP contribution in [0.2, 0.25) is 0 Å². The SMILES string of the molecule is CC(C)CC[C@H](O)[C@H](N)c1ccccc1C#N. The molecule has 0 aliphatic heterocycles. The Kier molecular flexibility index (Phi) is 5.14. The number of aliphatic hydroxyl groups excluding tert-OH is 1. The molecule has 0 aliphatic carbocycles. The van der Waals surface area contributed by atoms with Crippen LogP contribution in [-0.4, -0.2) is 11.2 Å². The zero-order valence-electron chi connectivity index (χ0n) is 10.4. The number of nitrogens with two attached hydrogens (primary N) is 1. The van der Waals surface area contributed by atoms with Gasteiger partial charge in [-0.2, -0.15) is 5.26 Å². The number of nitriles is 1. The van der Waals surface area contributed by atoms with Gasteiger partial charge in [0.05, 0.1) is 23.8 Å². The molecule has 0 spiro atoms. The van der Waals surface area contributed by atoms with Crippen LogP contribution in [0.3, 0.4) is 0 Å². The number of aliphatic hydroxyl groups is 1. The Bertz CT molecular complexity index is 395. The van der Waals surface area contributed by atoms with Gasteiger partial charge < -0.3 is 10.8 Å². The van der Waals surface area contributed by atoms with Crippen LogP contribution in [0.4, 0.5) is 0 Å². The van der Waals surface area contributed by atoms with E-state index in [-0.39, 0.29) is 0 Å². The lowest BCUT2D eigenvalue weighted by Crippen LogP contribution is -2.27. The highest BCUT2D eigenvalue weighted by atomic mass is 16.3. The van der Waals surface area contributed by atoms with Crippen molar-refractivity contribution in [3.63, 3.8) is 0 Å². The number of hydrogen-bond acceptors (Lipinski definition) is 3. The highest BCUT2D eigenvalue weighted by Gasteiger charge is 2.19. The second-order valence-corrected chi connectivity index (χ2v) is 4.76. The van der Waals surface area contributed by atoms with Gasteiger partial charge in [-0.1, -0.05) is 32.0 Å². The van der Waals surface area contributed by atoms with Gasteiger partial charge in [0.25, 0.3) is 0 Å². The van der Waals surface area contributed by atoms with Gasteiger partial charge in [-0.15, -0.1) is 0 Å². The first-order valence-corrected chi connectivity index (χ1v) is 5.99. The van der Waals surface area contributed by atoms with E-state index in [0.29, 0.717) is 17.9 Å². The molecule has 0 aliphatic rings. The standard InChI is InChI=1S/C14H20N2O/c1-10(2)7-8-13(17)14(16)12-6-4-3-5-11(12)9-15/h3-6,10,13-14,17H,7-8,16H2,1-2H3/t13-,14+/m0/s1. The topological polar surface area (TPSA) is 70.0 Å². The van der Waals surface area contributed by atoms with E-state index >= 15 is 0 Å². The molecule has 0 heterocycles. The lowest BCUT2D eigenvalue weighted by Gasteiger charge is -2.20.